The topological polar surface area (TPSA) is 40.5 Å². The van der Waals surface area contributed by atoms with Crippen LogP contribution in [0.1, 0.15) is 30.0 Å². The number of hydrogen-bond acceptors (Lipinski definition) is 2. The molecule has 6 heteroatoms. The van der Waals surface area contributed by atoms with Crippen molar-refractivity contribution in [2.45, 2.75) is 24.9 Å². The zero-order valence-corrected chi connectivity index (χ0v) is 14.3. The van der Waals surface area contributed by atoms with E-state index in [2.05, 4.69) is 0 Å². The lowest BCUT2D eigenvalue weighted by atomic mass is 9.96. The fourth-order valence-electron chi connectivity index (χ4n) is 3.29. The predicted octanol–water partition coefficient (Wildman–Crippen LogP) is 4.77. The highest BCUT2D eigenvalue weighted by molar-refractivity contribution is 6.42. The first-order chi connectivity index (χ1) is 11.5. The second-order valence-electron chi connectivity index (χ2n) is 5.83. The number of rotatable bonds is 4. The van der Waals surface area contributed by atoms with Gasteiger partial charge in [-0.3, -0.25) is 9.69 Å². The van der Waals surface area contributed by atoms with Crippen molar-refractivity contribution in [1.82, 2.24) is 4.90 Å². The SMILES string of the molecule is O=C(O)C1CCCN1C(c1ccc(F)cc1)c1cccc(Cl)c1Cl. The van der Waals surface area contributed by atoms with E-state index in [-0.39, 0.29) is 11.9 Å². The number of halogens is 3. The Kier molecular flexibility index (Phi) is 5.09. The van der Waals surface area contributed by atoms with Crippen molar-refractivity contribution in [2.24, 2.45) is 0 Å². The lowest BCUT2D eigenvalue weighted by Crippen LogP contribution is -2.39. The Bertz CT molecular complexity index is 751. The second-order valence-corrected chi connectivity index (χ2v) is 6.62. The quantitative estimate of drug-likeness (QED) is 0.845. The second kappa shape index (κ2) is 7.09. The Morgan fingerprint density at radius 2 is 1.92 bits per heavy atom. The van der Waals surface area contributed by atoms with Gasteiger partial charge in [0.1, 0.15) is 11.9 Å². The summed E-state index contributed by atoms with van der Waals surface area (Å²) >= 11 is 12.5. The van der Waals surface area contributed by atoms with Crippen LogP contribution in [0.5, 0.6) is 0 Å². The van der Waals surface area contributed by atoms with Crippen molar-refractivity contribution >= 4 is 29.2 Å². The molecular weight excluding hydrogens is 352 g/mol. The van der Waals surface area contributed by atoms with E-state index in [1.165, 1.54) is 12.1 Å². The zero-order chi connectivity index (χ0) is 17.3. The lowest BCUT2D eigenvalue weighted by Gasteiger charge is -2.32. The summed E-state index contributed by atoms with van der Waals surface area (Å²) in [5.74, 6) is -1.20. The van der Waals surface area contributed by atoms with Gasteiger partial charge in [0, 0.05) is 6.54 Å². The zero-order valence-electron chi connectivity index (χ0n) is 12.8. The number of nitrogens with zero attached hydrogens (tertiary/aromatic N) is 1. The molecule has 1 aliphatic rings. The molecule has 0 radical (unpaired) electrons. The third kappa shape index (κ3) is 3.27. The van der Waals surface area contributed by atoms with E-state index in [1.54, 1.807) is 24.3 Å². The Labute approximate surface area is 149 Å². The first-order valence-corrected chi connectivity index (χ1v) is 8.42. The summed E-state index contributed by atoms with van der Waals surface area (Å²) in [7, 11) is 0. The molecule has 2 aromatic rings. The standard InChI is InChI=1S/C18H16Cl2FNO2/c19-14-4-1-3-13(16(14)20)17(11-6-8-12(21)9-7-11)22-10-2-5-15(22)18(23)24/h1,3-4,6-9,15,17H,2,5,10H2,(H,23,24). The van der Waals surface area contributed by atoms with Gasteiger partial charge in [-0.1, -0.05) is 47.5 Å². The molecule has 0 saturated carbocycles. The van der Waals surface area contributed by atoms with Crippen molar-refractivity contribution in [3.8, 4) is 0 Å². The third-order valence-corrected chi connectivity index (χ3v) is 5.21. The van der Waals surface area contributed by atoms with Gasteiger partial charge in [0.25, 0.3) is 0 Å². The van der Waals surface area contributed by atoms with Crippen LogP contribution in [0.4, 0.5) is 4.39 Å². The molecule has 2 atom stereocenters. The molecule has 1 fully saturated rings. The third-order valence-electron chi connectivity index (χ3n) is 4.37. The molecule has 1 aliphatic heterocycles. The van der Waals surface area contributed by atoms with Gasteiger partial charge >= 0.3 is 5.97 Å². The van der Waals surface area contributed by atoms with Crippen LogP contribution >= 0.6 is 23.2 Å². The van der Waals surface area contributed by atoms with E-state index in [4.69, 9.17) is 23.2 Å². The minimum absolute atomic E-state index is 0.342. The fourth-order valence-corrected chi connectivity index (χ4v) is 3.70. The Morgan fingerprint density at radius 3 is 2.58 bits per heavy atom. The van der Waals surface area contributed by atoms with Gasteiger partial charge in [-0.15, -0.1) is 0 Å². The summed E-state index contributed by atoms with van der Waals surface area (Å²) in [6, 6.07) is 10.4. The molecule has 2 unspecified atom stereocenters. The Hall–Kier alpha value is -1.62. The summed E-state index contributed by atoms with van der Waals surface area (Å²) < 4.78 is 13.3. The largest absolute Gasteiger partial charge is 0.480 e. The molecule has 3 rings (SSSR count). The monoisotopic (exact) mass is 367 g/mol. The molecule has 0 aromatic heterocycles. The fraction of sp³-hybridized carbons (Fsp3) is 0.278. The first-order valence-electron chi connectivity index (χ1n) is 7.67. The van der Waals surface area contributed by atoms with Crippen LogP contribution in [0.3, 0.4) is 0 Å². The Balaban J connectivity index is 2.12. The molecule has 126 valence electrons. The molecule has 1 N–H and O–H groups in total. The molecule has 0 amide bonds. The van der Waals surface area contributed by atoms with Crippen molar-refractivity contribution < 1.29 is 14.3 Å². The van der Waals surface area contributed by atoms with Crippen molar-refractivity contribution in [3.05, 3.63) is 69.5 Å². The van der Waals surface area contributed by atoms with Crippen molar-refractivity contribution in [1.29, 1.82) is 0 Å². The summed E-state index contributed by atoms with van der Waals surface area (Å²) in [5, 5.41) is 10.3. The van der Waals surface area contributed by atoms with Crippen LogP contribution in [0.15, 0.2) is 42.5 Å². The molecular formula is C18H16Cl2FNO2. The van der Waals surface area contributed by atoms with Gasteiger partial charge in [0.2, 0.25) is 0 Å². The van der Waals surface area contributed by atoms with Gasteiger partial charge in [0.05, 0.1) is 16.1 Å². The minimum Gasteiger partial charge on any atom is -0.480 e. The van der Waals surface area contributed by atoms with Crippen LogP contribution in [-0.2, 0) is 4.79 Å². The van der Waals surface area contributed by atoms with Crippen LogP contribution in [0.25, 0.3) is 0 Å². The maximum atomic E-state index is 13.3. The van der Waals surface area contributed by atoms with E-state index < -0.39 is 12.0 Å². The normalized spacial score (nSPS) is 19.4. The molecule has 1 heterocycles. The number of carboxylic acid groups (broad SMARTS) is 1. The van der Waals surface area contributed by atoms with Crippen molar-refractivity contribution in [3.63, 3.8) is 0 Å². The number of carboxylic acids is 1. The maximum absolute atomic E-state index is 13.3. The number of benzene rings is 2. The summed E-state index contributed by atoms with van der Waals surface area (Å²) in [4.78, 5) is 13.5. The highest BCUT2D eigenvalue weighted by atomic mass is 35.5. The Morgan fingerprint density at radius 1 is 1.21 bits per heavy atom. The van der Waals surface area contributed by atoms with E-state index in [1.807, 2.05) is 11.0 Å². The first kappa shape index (κ1) is 17.2. The summed E-state index contributed by atoms with van der Waals surface area (Å²) in [5.41, 5.74) is 1.51. The number of likely N-dealkylation sites (tertiary alicyclic amines) is 1. The van der Waals surface area contributed by atoms with Gasteiger partial charge in [-0.05, 0) is 42.2 Å². The molecule has 3 nitrogen and oxygen atoms in total. The van der Waals surface area contributed by atoms with Crippen LogP contribution in [0, 0.1) is 5.82 Å². The molecule has 2 aromatic carbocycles. The van der Waals surface area contributed by atoms with Crippen LogP contribution < -0.4 is 0 Å². The number of hydrogen-bond donors (Lipinski definition) is 1. The molecule has 0 bridgehead atoms. The average molecular weight is 368 g/mol. The minimum atomic E-state index is -0.863. The van der Waals surface area contributed by atoms with Gasteiger partial charge in [0.15, 0.2) is 0 Å². The van der Waals surface area contributed by atoms with Crippen LogP contribution in [-0.4, -0.2) is 28.6 Å². The number of aliphatic carboxylic acids is 1. The smallest absolute Gasteiger partial charge is 0.320 e. The van der Waals surface area contributed by atoms with Crippen LogP contribution in [0.2, 0.25) is 10.0 Å². The molecule has 0 spiro atoms. The van der Waals surface area contributed by atoms with E-state index in [0.29, 0.717) is 23.0 Å². The number of carbonyl (C=O) groups is 1. The summed E-state index contributed by atoms with van der Waals surface area (Å²) in [6.07, 6.45) is 1.36. The van der Waals surface area contributed by atoms with Gasteiger partial charge in [-0.25, -0.2) is 4.39 Å². The van der Waals surface area contributed by atoms with E-state index >= 15 is 0 Å². The highest BCUT2D eigenvalue weighted by Crippen LogP contribution is 2.40. The molecule has 24 heavy (non-hydrogen) atoms. The van der Waals surface area contributed by atoms with Gasteiger partial charge in [-0.2, -0.15) is 0 Å². The van der Waals surface area contributed by atoms with E-state index in [9.17, 15) is 14.3 Å². The molecule has 0 aliphatic carbocycles. The van der Waals surface area contributed by atoms with E-state index in [0.717, 1.165) is 17.5 Å². The average Bonchev–Trinajstić information content (AvgIpc) is 3.03. The lowest BCUT2D eigenvalue weighted by molar-refractivity contribution is -0.142. The predicted molar refractivity (Wildman–Crippen MR) is 92.1 cm³/mol. The van der Waals surface area contributed by atoms with Crippen molar-refractivity contribution in [2.75, 3.05) is 6.54 Å². The molecule has 1 saturated heterocycles. The van der Waals surface area contributed by atoms with Gasteiger partial charge < -0.3 is 5.11 Å². The summed E-state index contributed by atoms with van der Waals surface area (Å²) in [6.45, 7) is 0.627. The highest BCUT2D eigenvalue weighted by Gasteiger charge is 2.37. The maximum Gasteiger partial charge on any atom is 0.320 e.